The highest BCUT2D eigenvalue weighted by Gasteiger charge is 2.25. The summed E-state index contributed by atoms with van der Waals surface area (Å²) in [6.07, 6.45) is 0. The lowest BCUT2D eigenvalue weighted by Crippen LogP contribution is -2.03. The molecule has 4 nitrogen and oxygen atoms in total. The molecule has 0 bridgehead atoms. The van der Waals surface area contributed by atoms with Crippen molar-refractivity contribution >= 4 is 64.6 Å². The second-order valence-corrected chi connectivity index (χ2v) is 14.3. The molecular weight excluding hydrogens is 671 g/mol. The highest BCUT2D eigenvalue weighted by atomic mass is 16.5. The minimum atomic E-state index is 0.571. The molecule has 4 heteroatoms. The summed E-state index contributed by atoms with van der Waals surface area (Å²) in [6, 6.07) is 62.2. The summed E-state index contributed by atoms with van der Waals surface area (Å²) < 4.78 is 6.83. The zero-order chi connectivity index (χ0) is 36.0. The molecule has 0 saturated heterocycles. The van der Waals surface area contributed by atoms with Gasteiger partial charge in [0.05, 0.1) is 5.56 Å². The van der Waals surface area contributed by atoms with Gasteiger partial charge in [-0.15, -0.1) is 0 Å². The number of benzene rings is 10. The zero-order valence-electron chi connectivity index (χ0n) is 29.5. The minimum absolute atomic E-state index is 0.571. The van der Waals surface area contributed by atoms with E-state index >= 15 is 0 Å². The average molecular weight is 700 g/mol. The fourth-order valence-electron chi connectivity index (χ4n) is 8.70. The Morgan fingerprint density at radius 3 is 1.75 bits per heavy atom. The van der Waals surface area contributed by atoms with Crippen molar-refractivity contribution in [1.82, 2.24) is 15.0 Å². The van der Waals surface area contributed by atoms with E-state index in [4.69, 9.17) is 19.7 Å². The normalized spacial score (nSPS) is 12.1. The monoisotopic (exact) mass is 699 g/mol. The molecule has 10 aromatic carbocycles. The summed E-state index contributed by atoms with van der Waals surface area (Å²) in [5.41, 5.74) is 5.12. The van der Waals surface area contributed by atoms with Crippen LogP contribution in [0.4, 0.5) is 0 Å². The molecule has 11 aromatic rings. The first-order chi connectivity index (χ1) is 27.2. The summed E-state index contributed by atoms with van der Waals surface area (Å²) in [4.78, 5) is 15.5. The van der Waals surface area contributed by atoms with Crippen molar-refractivity contribution in [2.24, 2.45) is 0 Å². The Bertz CT molecular complexity index is 3400. The van der Waals surface area contributed by atoms with Gasteiger partial charge in [-0.1, -0.05) is 158 Å². The topological polar surface area (TPSA) is 47.9 Å². The van der Waals surface area contributed by atoms with Gasteiger partial charge in [0, 0.05) is 27.3 Å². The first-order valence-corrected chi connectivity index (χ1v) is 18.6. The predicted octanol–water partition coefficient (Wildman–Crippen LogP) is 13.6. The third-order valence-corrected chi connectivity index (χ3v) is 11.2. The van der Waals surface area contributed by atoms with E-state index in [2.05, 4.69) is 146 Å². The number of nitrogens with zero attached hydrogens (tertiary/aromatic N) is 3. The number of fused-ring (bicyclic) bond motifs is 4. The highest BCUT2D eigenvalue weighted by Crippen LogP contribution is 2.50. The van der Waals surface area contributed by atoms with Crippen molar-refractivity contribution in [1.29, 1.82) is 0 Å². The van der Waals surface area contributed by atoms with E-state index in [1.54, 1.807) is 0 Å². The first kappa shape index (κ1) is 30.1. The Labute approximate surface area is 316 Å². The Balaban J connectivity index is 1.08. The number of rotatable bonds is 4. The average Bonchev–Trinajstić information content (AvgIpc) is 3.25. The predicted molar refractivity (Wildman–Crippen MR) is 227 cm³/mol. The molecule has 0 unspecified atom stereocenters. The molecule has 0 spiro atoms. The van der Waals surface area contributed by atoms with Crippen LogP contribution in [0.15, 0.2) is 176 Å². The first-order valence-electron chi connectivity index (χ1n) is 18.6. The lowest BCUT2D eigenvalue weighted by molar-refractivity contribution is 0.494. The van der Waals surface area contributed by atoms with E-state index in [1.807, 2.05) is 30.3 Å². The van der Waals surface area contributed by atoms with E-state index in [0.29, 0.717) is 17.5 Å². The van der Waals surface area contributed by atoms with Gasteiger partial charge >= 0.3 is 0 Å². The van der Waals surface area contributed by atoms with Gasteiger partial charge in [0.1, 0.15) is 11.5 Å². The van der Waals surface area contributed by atoms with E-state index in [9.17, 15) is 0 Å². The summed E-state index contributed by atoms with van der Waals surface area (Å²) in [5.74, 6) is 3.41. The molecule has 0 N–H and O–H groups in total. The van der Waals surface area contributed by atoms with Crippen LogP contribution in [-0.4, -0.2) is 15.0 Å². The lowest BCUT2D eigenvalue weighted by atomic mass is 9.91. The number of ether oxygens (including phenoxy) is 1. The van der Waals surface area contributed by atoms with Crippen molar-refractivity contribution in [3.8, 4) is 56.8 Å². The van der Waals surface area contributed by atoms with Crippen molar-refractivity contribution < 1.29 is 4.74 Å². The molecule has 0 aliphatic carbocycles. The number of hydrogen-bond acceptors (Lipinski definition) is 4. The van der Waals surface area contributed by atoms with Gasteiger partial charge in [0.15, 0.2) is 17.5 Å². The molecule has 12 rings (SSSR count). The number of hydrogen-bond donors (Lipinski definition) is 0. The SMILES string of the molecule is c1ccc(-c2nc(-c3ccc4c(ccc5cccc(-c6cccc7ccccc67)c54)c3)nc(-c3ccc4ccc5ccc6cccc7c6c5c4c3O7)n2)cc1. The quantitative estimate of drug-likeness (QED) is 0.172. The second-order valence-electron chi connectivity index (χ2n) is 14.3. The standard InChI is InChI=1S/C51H29N3O/c1-2-10-35(11-3-1)49-52-50(54-51(53-49)42-28-25-34-22-21-33-20-19-32-14-8-18-43-45(32)46(33)47(34)48(42)55-43)37-26-27-39-36(29-37)24-23-31-13-7-17-41(44(31)39)40-16-6-12-30-9-4-5-15-38(30)40/h1-29H. The van der Waals surface area contributed by atoms with Crippen LogP contribution in [0.5, 0.6) is 11.5 Å². The van der Waals surface area contributed by atoms with E-state index in [0.717, 1.165) is 55.1 Å². The van der Waals surface area contributed by atoms with Gasteiger partial charge in [0.25, 0.3) is 0 Å². The van der Waals surface area contributed by atoms with Crippen LogP contribution < -0.4 is 4.74 Å². The van der Waals surface area contributed by atoms with Crippen molar-refractivity contribution in [3.63, 3.8) is 0 Å². The molecule has 0 atom stereocenters. The smallest absolute Gasteiger partial charge is 0.167 e. The maximum atomic E-state index is 6.83. The van der Waals surface area contributed by atoms with Gasteiger partial charge in [-0.05, 0) is 77.8 Å². The molecule has 0 saturated carbocycles. The summed E-state index contributed by atoms with van der Waals surface area (Å²) >= 11 is 0. The van der Waals surface area contributed by atoms with Gasteiger partial charge < -0.3 is 4.74 Å². The van der Waals surface area contributed by atoms with Crippen LogP contribution in [0.2, 0.25) is 0 Å². The van der Waals surface area contributed by atoms with E-state index in [-0.39, 0.29) is 0 Å². The van der Waals surface area contributed by atoms with Gasteiger partial charge in [-0.3, -0.25) is 0 Å². The van der Waals surface area contributed by atoms with E-state index < -0.39 is 0 Å². The third kappa shape index (κ3) is 4.55. The Morgan fingerprint density at radius 2 is 0.909 bits per heavy atom. The van der Waals surface area contributed by atoms with Gasteiger partial charge in [-0.25, -0.2) is 15.0 Å². The molecule has 1 aromatic heterocycles. The molecule has 0 amide bonds. The highest BCUT2D eigenvalue weighted by molar-refractivity contribution is 6.26. The summed E-state index contributed by atoms with van der Waals surface area (Å²) in [5, 5.41) is 14.1. The van der Waals surface area contributed by atoms with Crippen molar-refractivity contribution in [2.45, 2.75) is 0 Å². The lowest BCUT2D eigenvalue weighted by Gasteiger charge is -2.22. The molecule has 55 heavy (non-hydrogen) atoms. The van der Waals surface area contributed by atoms with Gasteiger partial charge in [0.2, 0.25) is 0 Å². The fourth-order valence-corrected chi connectivity index (χ4v) is 8.70. The van der Waals surface area contributed by atoms with Crippen LogP contribution in [0.3, 0.4) is 0 Å². The number of aromatic nitrogens is 3. The molecule has 2 heterocycles. The molecule has 1 aliphatic heterocycles. The largest absolute Gasteiger partial charge is 0.455 e. The Morgan fingerprint density at radius 1 is 0.309 bits per heavy atom. The van der Waals surface area contributed by atoms with Crippen LogP contribution in [0.1, 0.15) is 0 Å². The molecular formula is C51H29N3O. The molecule has 254 valence electrons. The fraction of sp³-hybridized carbons (Fsp3) is 0. The Kier molecular flexibility index (Phi) is 6.31. The Hall–Kier alpha value is -7.43. The zero-order valence-corrected chi connectivity index (χ0v) is 29.5. The van der Waals surface area contributed by atoms with Crippen molar-refractivity contribution in [2.75, 3.05) is 0 Å². The van der Waals surface area contributed by atoms with Crippen LogP contribution in [0.25, 0.3) is 110 Å². The van der Waals surface area contributed by atoms with Crippen LogP contribution in [0, 0.1) is 0 Å². The maximum Gasteiger partial charge on any atom is 0.167 e. The molecule has 1 aliphatic rings. The van der Waals surface area contributed by atoms with Gasteiger partial charge in [-0.2, -0.15) is 0 Å². The maximum absolute atomic E-state index is 6.83. The van der Waals surface area contributed by atoms with Crippen LogP contribution in [-0.2, 0) is 0 Å². The molecule has 0 fully saturated rings. The van der Waals surface area contributed by atoms with E-state index in [1.165, 1.54) is 48.8 Å². The summed E-state index contributed by atoms with van der Waals surface area (Å²) in [7, 11) is 0. The minimum Gasteiger partial charge on any atom is -0.455 e. The summed E-state index contributed by atoms with van der Waals surface area (Å²) in [6.45, 7) is 0. The second kappa shape index (κ2) is 11.5. The van der Waals surface area contributed by atoms with Crippen LogP contribution >= 0.6 is 0 Å². The third-order valence-electron chi connectivity index (χ3n) is 11.2. The molecule has 0 radical (unpaired) electrons. The van der Waals surface area contributed by atoms with Crippen molar-refractivity contribution in [3.05, 3.63) is 176 Å².